The van der Waals surface area contributed by atoms with Crippen molar-refractivity contribution in [2.75, 3.05) is 39.6 Å². The first kappa shape index (κ1) is 41.4. The van der Waals surface area contributed by atoms with Crippen molar-refractivity contribution in [2.24, 2.45) is 11.7 Å². The molecule has 0 aliphatic heterocycles. The molecule has 252 valence electrons. The highest BCUT2D eigenvalue weighted by Gasteiger charge is 2.22. The Hall–Kier alpha value is -4.55. The number of nitrogens with one attached hydrogen (secondary N) is 2. The number of rotatable bonds is 10. The van der Waals surface area contributed by atoms with Crippen LogP contribution in [0.4, 0.5) is 14.5 Å². The Morgan fingerprint density at radius 2 is 1.59 bits per heavy atom. The van der Waals surface area contributed by atoms with Crippen LogP contribution >= 0.6 is 0 Å². The summed E-state index contributed by atoms with van der Waals surface area (Å²) in [7, 11) is 7.03. The molecule has 0 fully saturated rings. The number of carbonyl (C=O) groups is 3. The van der Waals surface area contributed by atoms with Crippen LogP contribution in [0.1, 0.15) is 55.7 Å². The molecule has 5 N–H and O–H groups in total. The highest BCUT2D eigenvalue weighted by Crippen LogP contribution is 2.32. The normalized spacial score (nSPS) is 11.1. The van der Waals surface area contributed by atoms with E-state index in [-0.39, 0.29) is 17.6 Å². The summed E-state index contributed by atoms with van der Waals surface area (Å²) in [5.41, 5.74) is 9.67. The van der Waals surface area contributed by atoms with Crippen molar-refractivity contribution in [3.05, 3.63) is 83.1 Å². The lowest BCUT2D eigenvalue weighted by Gasteiger charge is -2.18. The summed E-state index contributed by atoms with van der Waals surface area (Å²) in [6.45, 7) is 10.8. The average Bonchev–Trinajstić information content (AvgIpc) is 2.99. The van der Waals surface area contributed by atoms with Crippen molar-refractivity contribution in [1.82, 2.24) is 20.6 Å². The molecule has 12 heteroatoms. The molecular weight excluding hydrogens is 594 g/mol. The number of likely N-dealkylation sites (N-methyl/N-ethyl adjacent to an activating group) is 1. The minimum atomic E-state index is -1.08. The number of carboxylic acid groups (broad SMARTS) is 1. The minimum absolute atomic E-state index is 0.0209. The zero-order valence-corrected chi connectivity index (χ0v) is 28.2. The summed E-state index contributed by atoms with van der Waals surface area (Å²) in [6, 6.07) is 7.58. The number of hydrogen-bond acceptors (Lipinski definition) is 9. The highest BCUT2D eigenvalue weighted by molar-refractivity contribution is 6.04. The molecular formula is C34H48F2N6O4. The van der Waals surface area contributed by atoms with Crippen LogP contribution < -0.4 is 21.3 Å². The highest BCUT2D eigenvalue weighted by atomic mass is 19.2. The lowest BCUT2D eigenvalue weighted by molar-refractivity contribution is -0.137. The second-order valence-electron chi connectivity index (χ2n) is 10.9. The first-order chi connectivity index (χ1) is 21.7. The van der Waals surface area contributed by atoms with Crippen LogP contribution in [-0.2, 0) is 14.4 Å². The standard InChI is InChI=1S/C18H19F2NO2.C9H12N4O.C4H10.C3H7NO/c1-10-5-4-6-11(2)17(10)12-7-13(18(20)14(19)8-12)15(21-3)9-16(22)23;1-13(2)8-4-11-9(12-5-8)7(3-10)6-14;1-4(2)3;1-4-2-3-5/h4-8,15,21H,9H2,1-3H3,(H,22,23);3-6H,10H2,1-2H3;4H,1-3H3;3-4H,2H2,1H3/b;7-3-;;. The van der Waals surface area contributed by atoms with Crippen molar-refractivity contribution in [3.8, 4) is 11.1 Å². The summed E-state index contributed by atoms with van der Waals surface area (Å²) in [5, 5.41) is 14.3. The number of anilines is 1. The molecule has 0 aliphatic rings. The average molecular weight is 643 g/mol. The number of carboxylic acids is 1. The molecule has 0 radical (unpaired) electrons. The third kappa shape index (κ3) is 14.5. The molecule has 2 aromatic carbocycles. The van der Waals surface area contributed by atoms with Crippen molar-refractivity contribution in [2.45, 2.75) is 47.1 Å². The van der Waals surface area contributed by atoms with Crippen LogP contribution in [0.25, 0.3) is 16.7 Å². The van der Waals surface area contributed by atoms with Crippen LogP contribution in [0.2, 0.25) is 0 Å². The van der Waals surface area contributed by atoms with E-state index in [1.807, 2.05) is 51.0 Å². The maximum atomic E-state index is 14.2. The van der Waals surface area contributed by atoms with Crippen molar-refractivity contribution in [1.29, 1.82) is 0 Å². The zero-order chi connectivity index (χ0) is 35.4. The molecule has 3 aromatic rings. The SMILES string of the molecule is CC(C)C.CN(C)c1cnc(/C(C=O)=C\N)nc1.CNC(CC(=O)O)c1cc(-c2c(C)cccc2C)cc(F)c1F.CNCC=O. The Morgan fingerprint density at radius 3 is 1.96 bits per heavy atom. The third-order valence-electron chi connectivity index (χ3n) is 5.94. The number of nitrogens with zero attached hydrogens (tertiary/aromatic N) is 3. The van der Waals surface area contributed by atoms with Gasteiger partial charge in [-0.15, -0.1) is 0 Å². The fourth-order valence-electron chi connectivity index (χ4n) is 3.77. The number of aliphatic carboxylic acids is 1. The zero-order valence-electron chi connectivity index (χ0n) is 28.2. The second-order valence-corrected chi connectivity index (χ2v) is 10.9. The Balaban J connectivity index is 0.000000742. The van der Waals surface area contributed by atoms with Gasteiger partial charge in [-0.2, -0.15) is 0 Å². The van der Waals surface area contributed by atoms with Gasteiger partial charge in [-0.1, -0.05) is 39.0 Å². The third-order valence-corrected chi connectivity index (χ3v) is 5.94. The van der Waals surface area contributed by atoms with Gasteiger partial charge in [0.05, 0.1) is 36.6 Å². The Kier molecular flexibility index (Phi) is 19.9. The molecule has 0 saturated heterocycles. The van der Waals surface area contributed by atoms with Gasteiger partial charge in [0, 0.05) is 31.9 Å². The maximum absolute atomic E-state index is 14.2. The lowest BCUT2D eigenvalue weighted by atomic mass is 9.92. The van der Waals surface area contributed by atoms with Gasteiger partial charge in [-0.05, 0) is 68.2 Å². The predicted molar refractivity (Wildman–Crippen MR) is 180 cm³/mol. The Morgan fingerprint density at radius 1 is 1.04 bits per heavy atom. The monoisotopic (exact) mass is 642 g/mol. The van der Waals surface area contributed by atoms with Crippen LogP contribution in [0, 0.1) is 31.4 Å². The van der Waals surface area contributed by atoms with Gasteiger partial charge in [0.2, 0.25) is 0 Å². The number of halogens is 2. The molecule has 10 nitrogen and oxygen atoms in total. The van der Waals surface area contributed by atoms with E-state index < -0.39 is 23.6 Å². The predicted octanol–water partition coefficient (Wildman–Crippen LogP) is 5.09. The quantitative estimate of drug-likeness (QED) is 0.174. The molecule has 0 saturated carbocycles. The van der Waals surface area contributed by atoms with Gasteiger partial charge in [0.25, 0.3) is 0 Å². The maximum Gasteiger partial charge on any atom is 0.305 e. The van der Waals surface area contributed by atoms with Gasteiger partial charge in [-0.3, -0.25) is 9.59 Å². The van der Waals surface area contributed by atoms with Gasteiger partial charge >= 0.3 is 5.97 Å². The number of benzene rings is 2. The summed E-state index contributed by atoms with van der Waals surface area (Å²) in [4.78, 5) is 40.7. The fraction of sp³-hybridized carbons (Fsp3) is 0.382. The molecule has 0 aliphatic carbocycles. The van der Waals surface area contributed by atoms with E-state index in [1.54, 1.807) is 19.4 Å². The van der Waals surface area contributed by atoms with Crippen LogP contribution in [0.3, 0.4) is 0 Å². The number of aromatic nitrogens is 2. The molecule has 1 heterocycles. The van der Waals surface area contributed by atoms with Crippen LogP contribution in [-0.4, -0.2) is 68.4 Å². The number of aldehydes is 2. The number of allylic oxidation sites excluding steroid dienone is 1. The van der Waals surface area contributed by atoms with E-state index in [0.29, 0.717) is 24.2 Å². The molecule has 46 heavy (non-hydrogen) atoms. The molecule has 1 unspecified atom stereocenters. The van der Waals surface area contributed by atoms with Crippen LogP contribution in [0.5, 0.6) is 0 Å². The van der Waals surface area contributed by atoms with Gasteiger partial charge in [-0.25, -0.2) is 18.7 Å². The van der Waals surface area contributed by atoms with E-state index in [9.17, 15) is 23.2 Å². The minimum Gasteiger partial charge on any atom is -0.481 e. The van der Waals surface area contributed by atoms with Crippen molar-refractivity contribution >= 4 is 29.8 Å². The van der Waals surface area contributed by atoms with E-state index in [2.05, 4.69) is 41.4 Å². The Labute approximate surface area is 271 Å². The van der Waals surface area contributed by atoms with Crippen molar-refractivity contribution < 1.29 is 28.3 Å². The first-order valence-corrected chi connectivity index (χ1v) is 14.6. The number of carbonyl (C=O) groups excluding carboxylic acids is 2. The summed E-state index contributed by atoms with van der Waals surface area (Å²) in [5.74, 6) is -1.90. The summed E-state index contributed by atoms with van der Waals surface area (Å²) in [6.07, 6.45) is 5.58. The number of aryl methyl sites for hydroxylation is 2. The fourth-order valence-corrected chi connectivity index (χ4v) is 3.77. The number of hydrogen-bond donors (Lipinski definition) is 4. The topological polar surface area (TPSA) is 151 Å². The van der Waals surface area contributed by atoms with Crippen LogP contribution in [0.15, 0.2) is 48.9 Å². The van der Waals surface area contributed by atoms with Gasteiger partial charge in [0.15, 0.2) is 23.7 Å². The molecule has 0 spiro atoms. The molecule has 3 rings (SSSR count). The van der Waals surface area contributed by atoms with E-state index in [0.717, 1.165) is 40.6 Å². The number of nitrogens with two attached hydrogens (primary N) is 1. The van der Waals surface area contributed by atoms with Gasteiger partial charge in [0.1, 0.15) is 6.29 Å². The van der Waals surface area contributed by atoms with Gasteiger partial charge < -0.3 is 31.2 Å². The Bertz CT molecular complexity index is 1390. The summed E-state index contributed by atoms with van der Waals surface area (Å²) < 4.78 is 28.3. The molecule has 1 atom stereocenters. The largest absolute Gasteiger partial charge is 0.481 e. The lowest BCUT2D eigenvalue weighted by Crippen LogP contribution is -2.21. The first-order valence-electron chi connectivity index (χ1n) is 14.6. The van der Waals surface area contributed by atoms with E-state index in [4.69, 9.17) is 10.8 Å². The smallest absolute Gasteiger partial charge is 0.305 e. The molecule has 1 aromatic heterocycles. The van der Waals surface area contributed by atoms with E-state index in [1.165, 1.54) is 19.3 Å². The summed E-state index contributed by atoms with van der Waals surface area (Å²) >= 11 is 0. The van der Waals surface area contributed by atoms with E-state index >= 15 is 0 Å². The second kappa shape index (κ2) is 22.0. The molecule has 0 amide bonds. The van der Waals surface area contributed by atoms with Crippen molar-refractivity contribution in [3.63, 3.8) is 0 Å². The molecule has 0 bridgehead atoms.